The molecule has 0 spiro atoms. The zero-order valence-electron chi connectivity index (χ0n) is 12.7. The molecule has 1 aliphatic rings. The Hall–Kier alpha value is -1.99. The van der Waals surface area contributed by atoms with Gasteiger partial charge in [-0.15, -0.1) is 11.3 Å². The van der Waals surface area contributed by atoms with Crippen molar-refractivity contribution in [2.24, 2.45) is 0 Å². The number of hydrogen-bond donors (Lipinski definition) is 0. The van der Waals surface area contributed by atoms with Crippen LogP contribution in [-0.2, 0) is 0 Å². The second-order valence-corrected chi connectivity index (χ2v) is 6.40. The molecule has 0 unspecified atom stereocenters. The second kappa shape index (κ2) is 6.02. The fourth-order valence-electron chi connectivity index (χ4n) is 2.51. The van der Waals surface area contributed by atoms with Gasteiger partial charge in [-0.2, -0.15) is 0 Å². The fourth-order valence-corrected chi connectivity index (χ4v) is 3.39. The Morgan fingerprint density at radius 3 is 2.68 bits per heavy atom. The lowest BCUT2D eigenvalue weighted by molar-refractivity contribution is -0.385. The number of benzene rings is 1. The summed E-state index contributed by atoms with van der Waals surface area (Å²) in [6.45, 7) is 5.75. The summed E-state index contributed by atoms with van der Waals surface area (Å²) in [5, 5.41) is 14.0. The van der Waals surface area contributed by atoms with E-state index in [0.717, 1.165) is 42.6 Å². The smallest absolute Gasteiger partial charge is 0.272 e. The maximum atomic E-state index is 11.1. The number of nitrogens with zero attached hydrogens (tertiary/aromatic N) is 4. The van der Waals surface area contributed by atoms with Gasteiger partial charge < -0.3 is 9.80 Å². The third-order valence-electron chi connectivity index (χ3n) is 3.97. The number of piperazine rings is 1. The van der Waals surface area contributed by atoms with Gasteiger partial charge in [-0.25, -0.2) is 4.98 Å². The molecule has 116 valence electrons. The van der Waals surface area contributed by atoms with Crippen LogP contribution in [-0.4, -0.2) is 48.0 Å². The van der Waals surface area contributed by atoms with Crippen LogP contribution >= 0.6 is 11.3 Å². The average molecular weight is 318 g/mol. The summed E-state index contributed by atoms with van der Waals surface area (Å²) in [6.07, 6.45) is 0. The van der Waals surface area contributed by atoms with Crippen LogP contribution in [0.25, 0.3) is 11.3 Å². The molecule has 1 saturated heterocycles. The number of aryl methyl sites for hydroxylation is 1. The number of hydrogen-bond acceptors (Lipinski definition) is 6. The van der Waals surface area contributed by atoms with Crippen LogP contribution in [0.2, 0.25) is 0 Å². The van der Waals surface area contributed by atoms with E-state index in [2.05, 4.69) is 21.8 Å². The number of aromatic nitrogens is 1. The van der Waals surface area contributed by atoms with E-state index in [1.807, 2.05) is 11.4 Å². The summed E-state index contributed by atoms with van der Waals surface area (Å²) >= 11 is 1.60. The molecule has 0 aliphatic carbocycles. The van der Waals surface area contributed by atoms with Crippen molar-refractivity contribution in [3.05, 3.63) is 39.3 Å². The summed E-state index contributed by atoms with van der Waals surface area (Å²) in [5.74, 6) is 0. The molecular weight excluding hydrogens is 300 g/mol. The van der Waals surface area contributed by atoms with E-state index in [0.29, 0.717) is 5.56 Å². The summed E-state index contributed by atoms with van der Waals surface area (Å²) in [4.78, 5) is 20.0. The highest BCUT2D eigenvalue weighted by atomic mass is 32.1. The zero-order valence-corrected chi connectivity index (χ0v) is 13.5. The Morgan fingerprint density at radius 2 is 2.00 bits per heavy atom. The van der Waals surface area contributed by atoms with Crippen molar-refractivity contribution >= 4 is 22.2 Å². The summed E-state index contributed by atoms with van der Waals surface area (Å²) in [6, 6.07) is 5.28. The van der Waals surface area contributed by atoms with E-state index in [1.165, 1.54) is 0 Å². The predicted molar refractivity (Wildman–Crippen MR) is 88.7 cm³/mol. The lowest BCUT2D eigenvalue weighted by Gasteiger charge is -2.32. The van der Waals surface area contributed by atoms with Gasteiger partial charge in [0.25, 0.3) is 5.69 Å². The van der Waals surface area contributed by atoms with Crippen LogP contribution in [0.1, 0.15) is 5.56 Å². The minimum absolute atomic E-state index is 0.145. The summed E-state index contributed by atoms with van der Waals surface area (Å²) < 4.78 is 0. The Labute approximate surface area is 133 Å². The quantitative estimate of drug-likeness (QED) is 0.643. The Bertz CT molecular complexity index is 693. The molecule has 0 bridgehead atoms. The molecule has 0 N–H and O–H groups in total. The number of rotatable bonds is 3. The first kappa shape index (κ1) is 14.9. The third kappa shape index (κ3) is 2.95. The van der Waals surface area contributed by atoms with Crippen molar-refractivity contribution in [3.8, 4) is 11.3 Å². The molecule has 6 nitrogen and oxygen atoms in total. The maximum absolute atomic E-state index is 11.1. The molecule has 1 aromatic carbocycles. The van der Waals surface area contributed by atoms with Crippen molar-refractivity contribution in [1.82, 2.24) is 9.88 Å². The van der Waals surface area contributed by atoms with Crippen LogP contribution < -0.4 is 4.90 Å². The molecule has 0 amide bonds. The summed E-state index contributed by atoms with van der Waals surface area (Å²) in [7, 11) is 2.12. The van der Waals surface area contributed by atoms with Crippen LogP contribution in [0, 0.1) is 17.0 Å². The molecule has 0 atom stereocenters. The van der Waals surface area contributed by atoms with E-state index in [-0.39, 0.29) is 10.6 Å². The number of thiazole rings is 1. The highest BCUT2D eigenvalue weighted by Gasteiger charge is 2.18. The molecule has 0 radical (unpaired) electrons. The number of likely N-dealkylation sites (N-methyl/N-ethyl adjacent to an activating group) is 1. The molecule has 7 heteroatoms. The first-order valence-electron chi connectivity index (χ1n) is 7.19. The number of nitro groups is 1. The normalized spacial score (nSPS) is 16.0. The molecule has 3 rings (SSSR count). The average Bonchev–Trinajstić information content (AvgIpc) is 2.98. The first-order chi connectivity index (χ1) is 10.5. The van der Waals surface area contributed by atoms with Crippen molar-refractivity contribution in [3.63, 3.8) is 0 Å². The van der Waals surface area contributed by atoms with Gasteiger partial charge in [-0.05, 0) is 14.0 Å². The Kier molecular flexibility index (Phi) is 4.08. The topological polar surface area (TPSA) is 62.5 Å². The van der Waals surface area contributed by atoms with Gasteiger partial charge in [0.15, 0.2) is 5.13 Å². The molecule has 1 fully saturated rings. The van der Waals surface area contributed by atoms with E-state index in [9.17, 15) is 10.1 Å². The van der Waals surface area contributed by atoms with E-state index in [1.54, 1.807) is 30.4 Å². The van der Waals surface area contributed by atoms with Gasteiger partial charge in [0, 0.05) is 48.8 Å². The zero-order chi connectivity index (χ0) is 15.7. The van der Waals surface area contributed by atoms with Crippen molar-refractivity contribution < 1.29 is 4.92 Å². The SMILES string of the molecule is Cc1ccc(-c2csc(N3CCN(C)CC3)n2)cc1[N+](=O)[O-]. The van der Waals surface area contributed by atoms with Crippen LogP contribution in [0.15, 0.2) is 23.6 Å². The molecular formula is C15H18N4O2S. The third-order valence-corrected chi connectivity index (χ3v) is 4.87. The van der Waals surface area contributed by atoms with Gasteiger partial charge in [-0.3, -0.25) is 10.1 Å². The maximum Gasteiger partial charge on any atom is 0.272 e. The van der Waals surface area contributed by atoms with Crippen LogP contribution in [0.4, 0.5) is 10.8 Å². The molecule has 2 heterocycles. The van der Waals surface area contributed by atoms with E-state index in [4.69, 9.17) is 0 Å². The predicted octanol–water partition coefficient (Wildman–Crippen LogP) is 2.78. The van der Waals surface area contributed by atoms with Gasteiger partial charge in [-0.1, -0.05) is 12.1 Å². The molecule has 1 aromatic heterocycles. The van der Waals surface area contributed by atoms with Gasteiger partial charge in [0.2, 0.25) is 0 Å². The van der Waals surface area contributed by atoms with Gasteiger partial charge in [0.05, 0.1) is 10.6 Å². The fraction of sp³-hybridized carbons (Fsp3) is 0.400. The van der Waals surface area contributed by atoms with Crippen molar-refractivity contribution in [1.29, 1.82) is 0 Å². The molecule has 0 saturated carbocycles. The molecule has 1 aliphatic heterocycles. The first-order valence-corrected chi connectivity index (χ1v) is 8.07. The van der Waals surface area contributed by atoms with E-state index >= 15 is 0 Å². The van der Waals surface area contributed by atoms with Crippen LogP contribution in [0.5, 0.6) is 0 Å². The van der Waals surface area contributed by atoms with E-state index < -0.39 is 0 Å². The summed E-state index contributed by atoms with van der Waals surface area (Å²) in [5.41, 5.74) is 2.42. The lowest BCUT2D eigenvalue weighted by atomic mass is 10.1. The number of nitro benzene ring substituents is 1. The number of anilines is 1. The lowest BCUT2D eigenvalue weighted by Crippen LogP contribution is -2.44. The van der Waals surface area contributed by atoms with Crippen LogP contribution in [0.3, 0.4) is 0 Å². The molecule has 2 aromatic rings. The monoisotopic (exact) mass is 318 g/mol. The second-order valence-electron chi connectivity index (χ2n) is 5.56. The largest absolute Gasteiger partial charge is 0.346 e. The van der Waals surface area contributed by atoms with Gasteiger partial charge in [0.1, 0.15) is 0 Å². The Morgan fingerprint density at radius 1 is 1.27 bits per heavy atom. The minimum atomic E-state index is -0.341. The Balaban J connectivity index is 1.85. The van der Waals surface area contributed by atoms with Gasteiger partial charge >= 0.3 is 0 Å². The highest BCUT2D eigenvalue weighted by molar-refractivity contribution is 7.14. The van der Waals surface area contributed by atoms with Crippen molar-refractivity contribution in [2.75, 3.05) is 38.1 Å². The molecule has 22 heavy (non-hydrogen) atoms. The highest BCUT2D eigenvalue weighted by Crippen LogP contribution is 2.31. The standard InChI is InChI=1S/C15H18N4O2S/c1-11-3-4-12(9-14(11)19(20)21)13-10-22-15(16-13)18-7-5-17(2)6-8-18/h3-4,9-10H,5-8H2,1-2H3. The van der Waals surface area contributed by atoms with Crippen molar-refractivity contribution in [2.45, 2.75) is 6.92 Å². The minimum Gasteiger partial charge on any atom is -0.346 e.